The Labute approximate surface area is 126 Å². The van der Waals surface area contributed by atoms with Gasteiger partial charge in [0.2, 0.25) is 5.91 Å². The fraction of sp³-hybridized carbons (Fsp3) is 0.333. The zero-order chi connectivity index (χ0) is 15.4. The highest BCUT2D eigenvalue weighted by atomic mass is 35.5. The standard InChI is InChI=1S/C15H15ClFNO3/c16-12-4-1-5-13(17)11(12)6-7-14(19)18-8-2-3-10(9-18)15(20)21/h1,4-7,10H,2-3,8-9H2,(H,20,21)/b7-6+/t10-/m0/s1. The smallest absolute Gasteiger partial charge is 0.308 e. The topological polar surface area (TPSA) is 57.6 Å². The molecule has 1 amide bonds. The van der Waals surface area contributed by atoms with Crippen molar-refractivity contribution in [2.45, 2.75) is 12.8 Å². The van der Waals surface area contributed by atoms with Crippen LogP contribution in [0.2, 0.25) is 5.02 Å². The Morgan fingerprint density at radius 3 is 2.86 bits per heavy atom. The number of piperidine rings is 1. The molecule has 1 aliphatic heterocycles. The predicted octanol–water partition coefficient (Wildman–Crippen LogP) is 2.82. The molecule has 1 aliphatic rings. The van der Waals surface area contributed by atoms with Gasteiger partial charge in [-0.2, -0.15) is 0 Å². The fourth-order valence-corrected chi connectivity index (χ4v) is 2.53. The van der Waals surface area contributed by atoms with Gasteiger partial charge in [0.05, 0.1) is 10.9 Å². The van der Waals surface area contributed by atoms with Gasteiger partial charge >= 0.3 is 5.97 Å². The minimum absolute atomic E-state index is 0.152. The SMILES string of the molecule is O=C(O)[C@H]1CCCN(C(=O)/C=C/c2c(F)cccc2Cl)C1. The zero-order valence-electron chi connectivity index (χ0n) is 11.3. The molecule has 1 N–H and O–H groups in total. The van der Waals surface area contributed by atoms with Crippen molar-refractivity contribution in [2.24, 2.45) is 5.92 Å². The number of carboxylic acids is 1. The second-order valence-corrected chi connectivity index (χ2v) is 5.34. The van der Waals surface area contributed by atoms with Crippen molar-refractivity contribution in [3.8, 4) is 0 Å². The highest BCUT2D eigenvalue weighted by Crippen LogP contribution is 2.21. The third kappa shape index (κ3) is 3.82. The highest BCUT2D eigenvalue weighted by molar-refractivity contribution is 6.32. The molecule has 1 heterocycles. The molecule has 0 spiro atoms. The van der Waals surface area contributed by atoms with Crippen LogP contribution in [0.1, 0.15) is 18.4 Å². The van der Waals surface area contributed by atoms with Gasteiger partial charge in [0, 0.05) is 24.7 Å². The monoisotopic (exact) mass is 311 g/mol. The summed E-state index contributed by atoms with van der Waals surface area (Å²) in [5.74, 6) is -2.27. The molecule has 0 saturated carbocycles. The molecule has 0 radical (unpaired) electrons. The molecule has 4 nitrogen and oxygen atoms in total. The molecule has 112 valence electrons. The molecule has 0 unspecified atom stereocenters. The van der Waals surface area contributed by atoms with E-state index in [-0.39, 0.29) is 23.0 Å². The molecule has 1 atom stereocenters. The van der Waals surface area contributed by atoms with E-state index in [1.807, 2.05) is 0 Å². The van der Waals surface area contributed by atoms with Crippen molar-refractivity contribution in [3.05, 3.63) is 40.7 Å². The molecule has 21 heavy (non-hydrogen) atoms. The van der Waals surface area contributed by atoms with Crippen LogP contribution in [-0.2, 0) is 9.59 Å². The van der Waals surface area contributed by atoms with Gasteiger partial charge < -0.3 is 10.0 Å². The average Bonchev–Trinajstić information content (AvgIpc) is 2.46. The van der Waals surface area contributed by atoms with E-state index in [2.05, 4.69) is 0 Å². The fourth-order valence-electron chi connectivity index (χ4n) is 2.31. The Balaban J connectivity index is 2.07. The average molecular weight is 312 g/mol. The molecule has 1 aromatic rings. The summed E-state index contributed by atoms with van der Waals surface area (Å²) in [6.45, 7) is 0.696. The van der Waals surface area contributed by atoms with Gasteiger partial charge in [-0.15, -0.1) is 0 Å². The van der Waals surface area contributed by atoms with Gasteiger partial charge in [-0.25, -0.2) is 4.39 Å². The van der Waals surface area contributed by atoms with Crippen molar-refractivity contribution >= 4 is 29.6 Å². The summed E-state index contributed by atoms with van der Waals surface area (Å²) in [7, 11) is 0. The van der Waals surface area contributed by atoms with Crippen molar-refractivity contribution in [1.82, 2.24) is 4.90 Å². The lowest BCUT2D eigenvalue weighted by Crippen LogP contribution is -2.41. The third-order valence-corrected chi connectivity index (χ3v) is 3.80. The lowest BCUT2D eigenvalue weighted by atomic mass is 9.98. The molecule has 6 heteroatoms. The maximum absolute atomic E-state index is 13.6. The Kier molecular flexibility index (Phi) is 4.96. The zero-order valence-corrected chi connectivity index (χ0v) is 12.0. The first kappa shape index (κ1) is 15.5. The van der Waals surface area contributed by atoms with Crippen molar-refractivity contribution in [2.75, 3.05) is 13.1 Å². The predicted molar refractivity (Wildman–Crippen MR) is 77.4 cm³/mol. The van der Waals surface area contributed by atoms with Crippen LogP contribution in [0.5, 0.6) is 0 Å². The van der Waals surface area contributed by atoms with E-state index in [9.17, 15) is 14.0 Å². The highest BCUT2D eigenvalue weighted by Gasteiger charge is 2.27. The molecular weight excluding hydrogens is 297 g/mol. The Morgan fingerprint density at radius 2 is 2.19 bits per heavy atom. The number of amides is 1. The van der Waals surface area contributed by atoms with E-state index >= 15 is 0 Å². The summed E-state index contributed by atoms with van der Waals surface area (Å²) in [5.41, 5.74) is 0.152. The number of hydrogen-bond donors (Lipinski definition) is 1. The number of aliphatic carboxylic acids is 1. The van der Waals surface area contributed by atoms with Gasteiger partial charge in [-0.3, -0.25) is 9.59 Å². The summed E-state index contributed by atoms with van der Waals surface area (Å²) in [4.78, 5) is 24.5. The number of rotatable bonds is 3. The Morgan fingerprint density at radius 1 is 1.43 bits per heavy atom. The number of benzene rings is 1. The molecule has 1 fully saturated rings. The van der Waals surface area contributed by atoms with Crippen LogP contribution in [0, 0.1) is 11.7 Å². The van der Waals surface area contributed by atoms with Gasteiger partial charge in [-0.05, 0) is 31.1 Å². The van der Waals surface area contributed by atoms with E-state index in [0.717, 1.165) is 0 Å². The number of carboxylic acid groups (broad SMARTS) is 1. The first-order chi connectivity index (χ1) is 9.99. The normalized spacial score (nSPS) is 19.0. The first-order valence-corrected chi connectivity index (χ1v) is 7.00. The van der Waals surface area contributed by atoms with Gasteiger partial charge in [0.1, 0.15) is 5.82 Å². The summed E-state index contributed by atoms with van der Waals surface area (Å²) in [6, 6.07) is 4.28. The maximum atomic E-state index is 13.6. The minimum Gasteiger partial charge on any atom is -0.481 e. The van der Waals surface area contributed by atoms with Crippen molar-refractivity contribution in [3.63, 3.8) is 0 Å². The van der Waals surface area contributed by atoms with E-state index in [4.69, 9.17) is 16.7 Å². The molecule has 1 aromatic carbocycles. The van der Waals surface area contributed by atoms with Crippen LogP contribution in [0.15, 0.2) is 24.3 Å². The molecule has 2 rings (SSSR count). The van der Waals surface area contributed by atoms with E-state index < -0.39 is 17.7 Å². The third-order valence-electron chi connectivity index (χ3n) is 3.47. The second-order valence-electron chi connectivity index (χ2n) is 4.93. The van der Waals surface area contributed by atoms with Crippen LogP contribution in [0.4, 0.5) is 4.39 Å². The van der Waals surface area contributed by atoms with Crippen molar-refractivity contribution < 1.29 is 19.1 Å². The molecule has 0 aliphatic carbocycles. The maximum Gasteiger partial charge on any atom is 0.308 e. The molecule has 1 saturated heterocycles. The summed E-state index contributed by atoms with van der Waals surface area (Å²) in [6.07, 6.45) is 3.78. The summed E-state index contributed by atoms with van der Waals surface area (Å²) >= 11 is 5.87. The summed E-state index contributed by atoms with van der Waals surface area (Å²) < 4.78 is 13.6. The quantitative estimate of drug-likeness (QED) is 0.873. The summed E-state index contributed by atoms with van der Waals surface area (Å²) in [5, 5.41) is 9.22. The Hall–Kier alpha value is -1.88. The number of halogens is 2. The van der Waals surface area contributed by atoms with Crippen LogP contribution in [0.25, 0.3) is 6.08 Å². The Bertz CT molecular complexity index is 568. The van der Waals surface area contributed by atoms with Crippen molar-refractivity contribution in [1.29, 1.82) is 0 Å². The second kappa shape index (κ2) is 6.72. The first-order valence-electron chi connectivity index (χ1n) is 6.63. The van der Waals surface area contributed by atoms with Crippen LogP contribution < -0.4 is 0 Å². The van der Waals surface area contributed by atoms with E-state index in [1.54, 1.807) is 0 Å². The van der Waals surface area contributed by atoms with E-state index in [0.29, 0.717) is 19.4 Å². The number of hydrogen-bond acceptors (Lipinski definition) is 2. The molecular formula is C15H15ClFNO3. The number of nitrogens with zero attached hydrogens (tertiary/aromatic N) is 1. The minimum atomic E-state index is -0.895. The molecule has 0 bridgehead atoms. The molecule has 0 aromatic heterocycles. The van der Waals surface area contributed by atoms with Crippen LogP contribution in [-0.4, -0.2) is 35.0 Å². The number of likely N-dealkylation sites (tertiary alicyclic amines) is 1. The van der Waals surface area contributed by atoms with Gasteiger partial charge in [-0.1, -0.05) is 17.7 Å². The lowest BCUT2D eigenvalue weighted by Gasteiger charge is -2.29. The van der Waals surface area contributed by atoms with Crippen LogP contribution >= 0.6 is 11.6 Å². The number of carbonyl (C=O) groups excluding carboxylic acids is 1. The van der Waals surface area contributed by atoms with Gasteiger partial charge in [0.25, 0.3) is 0 Å². The number of carbonyl (C=O) groups is 2. The largest absolute Gasteiger partial charge is 0.481 e. The van der Waals surface area contributed by atoms with E-state index in [1.165, 1.54) is 35.3 Å². The van der Waals surface area contributed by atoms with Crippen LogP contribution in [0.3, 0.4) is 0 Å². The van der Waals surface area contributed by atoms with Gasteiger partial charge in [0.15, 0.2) is 0 Å². The lowest BCUT2D eigenvalue weighted by molar-refractivity contribution is -0.144.